The lowest BCUT2D eigenvalue weighted by atomic mass is 10.1. The lowest BCUT2D eigenvalue weighted by Crippen LogP contribution is -2.15. The Kier molecular flexibility index (Phi) is 5.42. The quantitative estimate of drug-likeness (QED) is 0.672. The molecule has 0 saturated carbocycles. The third kappa shape index (κ3) is 3.96. The minimum atomic E-state index is -0.289. The number of carbonyl (C=O) groups is 1. The van der Waals surface area contributed by atoms with Gasteiger partial charge in [-0.25, -0.2) is 9.07 Å². The van der Waals surface area contributed by atoms with Gasteiger partial charge in [0.05, 0.1) is 17.8 Å². The Labute approximate surface area is 156 Å². The molecule has 3 aromatic rings. The van der Waals surface area contributed by atoms with E-state index in [9.17, 15) is 9.18 Å². The van der Waals surface area contributed by atoms with Crippen LogP contribution in [0.4, 0.5) is 10.1 Å². The van der Waals surface area contributed by atoms with Crippen molar-refractivity contribution < 1.29 is 9.18 Å². The Bertz CT molecular complexity index is 917. The summed E-state index contributed by atoms with van der Waals surface area (Å²) in [7, 11) is 0. The fourth-order valence-electron chi connectivity index (χ4n) is 2.80. The molecule has 1 N–H and O–H groups in total. The van der Waals surface area contributed by atoms with Crippen LogP contribution in [0.1, 0.15) is 17.0 Å². The van der Waals surface area contributed by atoms with Gasteiger partial charge in [0, 0.05) is 21.8 Å². The van der Waals surface area contributed by atoms with Gasteiger partial charge in [0.15, 0.2) is 0 Å². The summed E-state index contributed by atoms with van der Waals surface area (Å²) in [6.07, 6.45) is 2.25. The lowest BCUT2D eigenvalue weighted by molar-refractivity contribution is -0.115. The Morgan fingerprint density at radius 2 is 1.77 bits per heavy atom. The molecular weight excluding hydrogens is 349 g/mol. The third-order valence-corrected chi connectivity index (χ3v) is 4.97. The second-order valence-electron chi connectivity index (χ2n) is 5.99. The summed E-state index contributed by atoms with van der Waals surface area (Å²) in [5.74, 6) is -0.380. The van der Waals surface area contributed by atoms with E-state index in [2.05, 4.69) is 10.4 Å². The van der Waals surface area contributed by atoms with E-state index in [0.717, 1.165) is 33.2 Å². The number of halogens is 1. The molecule has 3 rings (SSSR count). The molecule has 0 saturated heterocycles. The number of hydrogen-bond acceptors (Lipinski definition) is 3. The van der Waals surface area contributed by atoms with E-state index in [4.69, 9.17) is 0 Å². The molecule has 4 nitrogen and oxygen atoms in total. The monoisotopic (exact) mass is 369 g/mol. The van der Waals surface area contributed by atoms with Crippen LogP contribution in [0.5, 0.6) is 0 Å². The molecule has 2 aromatic carbocycles. The van der Waals surface area contributed by atoms with Crippen LogP contribution >= 0.6 is 11.8 Å². The van der Waals surface area contributed by atoms with Crippen LogP contribution in [-0.2, 0) is 11.2 Å². The van der Waals surface area contributed by atoms with Crippen molar-refractivity contribution in [3.63, 3.8) is 0 Å². The molecule has 0 bridgehead atoms. The molecule has 0 aliphatic rings. The summed E-state index contributed by atoms with van der Waals surface area (Å²) in [6.45, 7) is 3.79. The first kappa shape index (κ1) is 18.2. The van der Waals surface area contributed by atoms with E-state index in [1.54, 1.807) is 28.6 Å². The number of nitrogens with zero attached hydrogens (tertiary/aromatic N) is 2. The molecule has 1 heterocycles. The first-order chi connectivity index (χ1) is 12.5. The maximum atomic E-state index is 13.1. The van der Waals surface area contributed by atoms with Crippen molar-refractivity contribution in [3.8, 4) is 5.69 Å². The highest BCUT2D eigenvalue weighted by Gasteiger charge is 2.16. The number of amides is 1. The third-order valence-electron chi connectivity index (χ3n) is 4.22. The molecule has 0 aliphatic carbocycles. The molecule has 6 heteroatoms. The predicted octanol–water partition coefficient (Wildman–Crippen LogP) is 4.53. The highest BCUT2D eigenvalue weighted by molar-refractivity contribution is 7.98. The molecule has 0 atom stereocenters. The molecule has 0 spiro atoms. The molecule has 1 amide bonds. The van der Waals surface area contributed by atoms with Crippen LogP contribution in [0, 0.1) is 19.7 Å². The van der Waals surface area contributed by atoms with E-state index >= 15 is 0 Å². The number of benzene rings is 2. The average Bonchev–Trinajstić information content (AvgIpc) is 2.91. The SMILES string of the molecule is CSc1ccc(NC(=O)Cc2c(C)nn(-c3ccc(F)cc3)c2C)cc1. The maximum absolute atomic E-state index is 13.1. The predicted molar refractivity (Wildman–Crippen MR) is 104 cm³/mol. The van der Waals surface area contributed by atoms with Gasteiger partial charge in [-0.1, -0.05) is 0 Å². The minimum Gasteiger partial charge on any atom is -0.326 e. The zero-order valence-electron chi connectivity index (χ0n) is 14.9. The Balaban J connectivity index is 1.76. The standard InChI is InChI=1S/C20H20FN3OS/c1-13-19(12-20(25)22-16-6-10-18(26-3)11-7-16)14(2)24(23-13)17-8-4-15(21)5-9-17/h4-11H,12H2,1-3H3,(H,22,25). The van der Waals surface area contributed by atoms with Crippen LogP contribution in [0.25, 0.3) is 5.69 Å². The summed E-state index contributed by atoms with van der Waals surface area (Å²) in [5, 5.41) is 7.42. The molecule has 0 fully saturated rings. The minimum absolute atomic E-state index is 0.0910. The highest BCUT2D eigenvalue weighted by atomic mass is 32.2. The lowest BCUT2D eigenvalue weighted by Gasteiger charge is -2.07. The topological polar surface area (TPSA) is 46.9 Å². The van der Waals surface area contributed by atoms with Gasteiger partial charge in [-0.3, -0.25) is 4.79 Å². The Morgan fingerprint density at radius 3 is 2.38 bits per heavy atom. The summed E-state index contributed by atoms with van der Waals surface area (Å²) < 4.78 is 14.9. The Morgan fingerprint density at radius 1 is 1.12 bits per heavy atom. The van der Waals surface area contributed by atoms with Gasteiger partial charge in [0.1, 0.15) is 5.82 Å². The summed E-state index contributed by atoms with van der Waals surface area (Å²) >= 11 is 1.66. The van der Waals surface area contributed by atoms with Crippen LogP contribution in [0.15, 0.2) is 53.4 Å². The van der Waals surface area contributed by atoms with Gasteiger partial charge in [0.2, 0.25) is 5.91 Å². The van der Waals surface area contributed by atoms with Gasteiger partial charge < -0.3 is 5.32 Å². The van der Waals surface area contributed by atoms with Gasteiger partial charge in [-0.2, -0.15) is 5.10 Å². The number of aryl methyl sites for hydroxylation is 1. The normalized spacial score (nSPS) is 10.8. The van der Waals surface area contributed by atoms with Crippen LogP contribution in [-0.4, -0.2) is 21.9 Å². The van der Waals surface area contributed by atoms with E-state index in [-0.39, 0.29) is 18.1 Å². The molecule has 1 aromatic heterocycles. The van der Waals surface area contributed by atoms with Gasteiger partial charge in [0.25, 0.3) is 0 Å². The fraction of sp³-hybridized carbons (Fsp3) is 0.200. The summed E-state index contributed by atoms with van der Waals surface area (Å²) in [5.41, 5.74) is 4.09. The summed E-state index contributed by atoms with van der Waals surface area (Å²) in [4.78, 5) is 13.6. The largest absolute Gasteiger partial charge is 0.326 e. The van der Waals surface area contributed by atoms with Crippen molar-refractivity contribution >= 4 is 23.4 Å². The maximum Gasteiger partial charge on any atom is 0.228 e. The number of aromatic nitrogens is 2. The van der Waals surface area contributed by atoms with E-state index in [0.29, 0.717) is 0 Å². The van der Waals surface area contributed by atoms with Crippen molar-refractivity contribution in [1.82, 2.24) is 9.78 Å². The van der Waals surface area contributed by atoms with Crippen molar-refractivity contribution in [3.05, 3.63) is 71.3 Å². The fourth-order valence-corrected chi connectivity index (χ4v) is 3.21. The number of thioether (sulfide) groups is 1. The van der Waals surface area contributed by atoms with Crippen molar-refractivity contribution in [1.29, 1.82) is 0 Å². The van der Waals surface area contributed by atoms with Crippen molar-refractivity contribution in [2.24, 2.45) is 0 Å². The average molecular weight is 369 g/mol. The van der Waals surface area contributed by atoms with Crippen LogP contribution in [0.2, 0.25) is 0 Å². The molecule has 134 valence electrons. The number of anilines is 1. The van der Waals surface area contributed by atoms with Crippen molar-refractivity contribution in [2.75, 3.05) is 11.6 Å². The van der Waals surface area contributed by atoms with Crippen LogP contribution < -0.4 is 5.32 Å². The number of hydrogen-bond donors (Lipinski definition) is 1. The molecule has 0 radical (unpaired) electrons. The number of nitrogens with one attached hydrogen (secondary N) is 1. The second kappa shape index (κ2) is 7.74. The van der Waals surface area contributed by atoms with Gasteiger partial charge >= 0.3 is 0 Å². The van der Waals surface area contributed by atoms with Gasteiger partial charge in [-0.05, 0) is 68.6 Å². The van der Waals surface area contributed by atoms with Crippen LogP contribution in [0.3, 0.4) is 0 Å². The number of carbonyl (C=O) groups excluding carboxylic acids is 1. The first-order valence-electron chi connectivity index (χ1n) is 8.23. The Hall–Kier alpha value is -2.60. The molecule has 0 unspecified atom stereocenters. The van der Waals surface area contributed by atoms with E-state index in [1.165, 1.54) is 12.1 Å². The number of rotatable bonds is 5. The second-order valence-corrected chi connectivity index (χ2v) is 6.87. The first-order valence-corrected chi connectivity index (χ1v) is 9.45. The molecule has 0 aliphatic heterocycles. The summed E-state index contributed by atoms with van der Waals surface area (Å²) in [6, 6.07) is 13.9. The zero-order chi connectivity index (χ0) is 18.7. The van der Waals surface area contributed by atoms with E-state index < -0.39 is 0 Å². The highest BCUT2D eigenvalue weighted by Crippen LogP contribution is 2.20. The molecular formula is C20H20FN3OS. The van der Waals surface area contributed by atoms with E-state index in [1.807, 2.05) is 44.4 Å². The smallest absolute Gasteiger partial charge is 0.228 e. The molecule has 26 heavy (non-hydrogen) atoms. The van der Waals surface area contributed by atoms with Gasteiger partial charge in [-0.15, -0.1) is 11.8 Å². The van der Waals surface area contributed by atoms with Crippen molar-refractivity contribution in [2.45, 2.75) is 25.2 Å². The zero-order valence-corrected chi connectivity index (χ0v) is 15.7.